The van der Waals surface area contributed by atoms with Gasteiger partial charge in [0.2, 0.25) is 5.89 Å². The molecule has 0 bridgehead atoms. The number of hydrogen-bond donors (Lipinski definition) is 1. The van der Waals surface area contributed by atoms with E-state index in [9.17, 15) is 0 Å². The zero-order valence-corrected chi connectivity index (χ0v) is 13.0. The van der Waals surface area contributed by atoms with Gasteiger partial charge in [0.15, 0.2) is 5.82 Å². The Morgan fingerprint density at radius 1 is 1.05 bits per heavy atom. The van der Waals surface area contributed by atoms with Crippen molar-refractivity contribution in [1.29, 1.82) is 0 Å². The van der Waals surface area contributed by atoms with E-state index >= 15 is 0 Å². The molecule has 0 spiro atoms. The number of nitrogens with one attached hydrogen (secondary N) is 1. The zero-order chi connectivity index (χ0) is 14.5. The van der Waals surface area contributed by atoms with Crippen molar-refractivity contribution in [2.45, 2.75) is 69.7 Å². The van der Waals surface area contributed by atoms with Gasteiger partial charge in [-0.1, -0.05) is 12.1 Å². The van der Waals surface area contributed by atoms with E-state index in [4.69, 9.17) is 14.2 Å². The van der Waals surface area contributed by atoms with E-state index in [-0.39, 0.29) is 0 Å². The second-order valence-electron chi connectivity index (χ2n) is 6.38. The summed E-state index contributed by atoms with van der Waals surface area (Å²) in [5, 5.41) is 7.85. The summed E-state index contributed by atoms with van der Waals surface area (Å²) in [6, 6.07) is 0.680. The molecule has 1 saturated heterocycles. The van der Waals surface area contributed by atoms with Crippen LogP contribution in [0.5, 0.6) is 0 Å². The van der Waals surface area contributed by atoms with Gasteiger partial charge < -0.3 is 14.6 Å². The Morgan fingerprint density at radius 2 is 1.81 bits per heavy atom. The monoisotopic (exact) mass is 293 g/mol. The molecule has 0 unspecified atom stereocenters. The van der Waals surface area contributed by atoms with E-state index in [1.807, 2.05) is 0 Å². The second kappa shape index (κ2) is 7.36. The Hall–Kier alpha value is -0.940. The van der Waals surface area contributed by atoms with Crippen molar-refractivity contribution in [3.63, 3.8) is 0 Å². The number of hydrogen-bond acceptors (Lipinski definition) is 5. The van der Waals surface area contributed by atoms with Crippen LogP contribution in [0.15, 0.2) is 4.52 Å². The highest BCUT2D eigenvalue weighted by Gasteiger charge is 2.28. The van der Waals surface area contributed by atoms with Crippen molar-refractivity contribution >= 4 is 0 Å². The summed E-state index contributed by atoms with van der Waals surface area (Å²) < 4.78 is 10.9. The Balaban J connectivity index is 1.52. The Kier molecular flexibility index (Phi) is 5.25. The van der Waals surface area contributed by atoms with Gasteiger partial charge in [0.25, 0.3) is 0 Å². The van der Waals surface area contributed by atoms with Crippen molar-refractivity contribution in [3.8, 4) is 0 Å². The standard InChI is InChI=1S/C16H27N3O2/c1-2-9-17-14-5-3-13(4-6-14)16-18-15(19-21-16)12-7-10-20-11-8-12/h12-14,17H,2-11H2,1H3. The van der Waals surface area contributed by atoms with Gasteiger partial charge in [-0.15, -0.1) is 0 Å². The molecule has 2 heterocycles. The Bertz CT molecular complexity index is 421. The molecule has 118 valence electrons. The molecule has 3 rings (SSSR count). The Morgan fingerprint density at radius 3 is 2.52 bits per heavy atom. The lowest BCUT2D eigenvalue weighted by atomic mass is 9.86. The molecule has 1 aliphatic carbocycles. The summed E-state index contributed by atoms with van der Waals surface area (Å²) >= 11 is 0. The normalized spacial score (nSPS) is 27.9. The fraction of sp³-hybridized carbons (Fsp3) is 0.875. The largest absolute Gasteiger partial charge is 0.381 e. The number of aromatic nitrogens is 2. The molecule has 2 aliphatic rings. The van der Waals surface area contributed by atoms with Crippen LogP contribution in [0, 0.1) is 0 Å². The van der Waals surface area contributed by atoms with Gasteiger partial charge in [-0.2, -0.15) is 4.98 Å². The molecule has 1 aromatic rings. The van der Waals surface area contributed by atoms with E-state index in [0.29, 0.717) is 17.9 Å². The maximum atomic E-state index is 5.55. The SMILES string of the molecule is CCCNC1CCC(c2nc(C3CCOCC3)no2)CC1. The van der Waals surface area contributed by atoms with E-state index in [2.05, 4.69) is 17.4 Å². The van der Waals surface area contributed by atoms with Gasteiger partial charge in [-0.25, -0.2) is 0 Å². The van der Waals surface area contributed by atoms with Gasteiger partial charge in [-0.3, -0.25) is 0 Å². The molecule has 1 aliphatic heterocycles. The molecule has 1 aromatic heterocycles. The highest BCUT2D eigenvalue weighted by Crippen LogP contribution is 2.33. The van der Waals surface area contributed by atoms with E-state index in [0.717, 1.165) is 57.2 Å². The average molecular weight is 293 g/mol. The van der Waals surface area contributed by atoms with Gasteiger partial charge in [0.05, 0.1) is 0 Å². The van der Waals surface area contributed by atoms with Gasteiger partial charge in [-0.05, 0) is 51.5 Å². The molecular formula is C16H27N3O2. The highest BCUT2D eigenvalue weighted by atomic mass is 16.5. The number of rotatable bonds is 5. The third-order valence-electron chi connectivity index (χ3n) is 4.80. The molecule has 5 nitrogen and oxygen atoms in total. The van der Waals surface area contributed by atoms with Gasteiger partial charge >= 0.3 is 0 Å². The fourth-order valence-electron chi connectivity index (χ4n) is 3.43. The molecule has 0 aromatic carbocycles. The van der Waals surface area contributed by atoms with Crippen molar-refractivity contribution in [2.75, 3.05) is 19.8 Å². The van der Waals surface area contributed by atoms with Crippen molar-refractivity contribution in [2.24, 2.45) is 0 Å². The quantitative estimate of drug-likeness (QED) is 0.904. The van der Waals surface area contributed by atoms with Gasteiger partial charge in [0, 0.05) is 31.1 Å². The predicted octanol–water partition coefficient (Wildman–Crippen LogP) is 2.99. The van der Waals surface area contributed by atoms with Crippen LogP contribution >= 0.6 is 0 Å². The fourth-order valence-corrected chi connectivity index (χ4v) is 3.43. The summed E-state index contributed by atoms with van der Waals surface area (Å²) in [6.45, 7) is 4.99. The van der Waals surface area contributed by atoms with Crippen LogP contribution in [0.2, 0.25) is 0 Å². The van der Waals surface area contributed by atoms with E-state index < -0.39 is 0 Å². The maximum absolute atomic E-state index is 5.55. The first kappa shape index (κ1) is 15.0. The topological polar surface area (TPSA) is 60.2 Å². The molecule has 0 amide bonds. The van der Waals surface area contributed by atoms with Crippen LogP contribution in [-0.2, 0) is 4.74 Å². The first-order valence-corrected chi connectivity index (χ1v) is 8.51. The summed E-state index contributed by atoms with van der Waals surface area (Å²) in [5.41, 5.74) is 0. The van der Waals surface area contributed by atoms with E-state index in [1.54, 1.807) is 0 Å². The summed E-state index contributed by atoms with van der Waals surface area (Å²) in [4.78, 5) is 4.69. The third-order valence-corrected chi connectivity index (χ3v) is 4.80. The summed E-state index contributed by atoms with van der Waals surface area (Å²) in [7, 11) is 0. The van der Waals surface area contributed by atoms with E-state index in [1.165, 1.54) is 19.3 Å². The first-order chi connectivity index (χ1) is 10.4. The van der Waals surface area contributed by atoms with Crippen molar-refractivity contribution in [3.05, 3.63) is 11.7 Å². The van der Waals surface area contributed by atoms with Crippen LogP contribution in [0.25, 0.3) is 0 Å². The second-order valence-corrected chi connectivity index (χ2v) is 6.38. The minimum Gasteiger partial charge on any atom is -0.381 e. The summed E-state index contributed by atoms with van der Waals surface area (Å²) in [6.07, 6.45) is 8.02. The number of ether oxygens (including phenoxy) is 1. The smallest absolute Gasteiger partial charge is 0.229 e. The third kappa shape index (κ3) is 3.83. The minimum atomic E-state index is 0.429. The molecule has 2 fully saturated rings. The summed E-state index contributed by atoms with van der Waals surface area (Å²) in [5.74, 6) is 2.66. The van der Waals surface area contributed by atoms with Crippen LogP contribution in [0.3, 0.4) is 0 Å². The van der Waals surface area contributed by atoms with Crippen LogP contribution in [0.1, 0.15) is 75.4 Å². The minimum absolute atomic E-state index is 0.429. The number of nitrogens with zero attached hydrogens (tertiary/aromatic N) is 2. The van der Waals surface area contributed by atoms with Crippen LogP contribution in [0.4, 0.5) is 0 Å². The molecule has 1 N–H and O–H groups in total. The molecular weight excluding hydrogens is 266 g/mol. The first-order valence-electron chi connectivity index (χ1n) is 8.51. The van der Waals surface area contributed by atoms with Crippen molar-refractivity contribution < 1.29 is 9.26 Å². The molecule has 21 heavy (non-hydrogen) atoms. The molecule has 1 saturated carbocycles. The Labute approximate surface area is 126 Å². The zero-order valence-electron chi connectivity index (χ0n) is 13.0. The van der Waals surface area contributed by atoms with Crippen molar-refractivity contribution in [1.82, 2.24) is 15.5 Å². The average Bonchev–Trinajstić information content (AvgIpc) is 3.04. The highest BCUT2D eigenvalue weighted by molar-refractivity contribution is 5.01. The lowest BCUT2D eigenvalue weighted by Gasteiger charge is -2.27. The van der Waals surface area contributed by atoms with Gasteiger partial charge in [0.1, 0.15) is 0 Å². The molecule has 0 atom stereocenters. The van der Waals surface area contributed by atoms with Crippen LogP contribution in [-0.4, -0.2) is 35.9 Å². The predicted molar refractivity (Wildman–Crippen MR) is 80.4 cm³/mol. The lowest BCUT2D eigenvalue weighted by molar-refractivity contribution is 0.0830. The molecule has 5 heteroatoms. The molecule has 0 radical (unpaired) electrons. The lowest BCUT2D eigenvalue weighted by Crippen LogP contribution is -2.33. The van der Waals surface area contributed by atoms with Crippen LogP contribution < -0.4 is 5.32 Å². The maximum Gasteiger partial charge on any atom is 0.229 e.